The van der Waals surface area contributed by atoms with E-state index in [1.54, 1.807) is 0 Å². The standard InChI is InChI=1S/C11H18N2O3/c1-10(2)9(12-11(3,4)13-10)7(14)6-8(15)16-5/h13H,6H2,1-5H3. The number of nitrogens with one attached hydrogen (secondary N) is 1. The number of carbonyl (C=O) groups is 2. The molecule has 0 aromatic rings. The summed E-state index contributed by atoms with van der Waals surface area (Å²) in [6.45, 7) is 7.51. The Morgan fingerprint density at radius 2 is 1.88 bits per heavy atom. The number of esters is 1. The van der Waals surface area contributed by atoms with Crippen LogP contribution in [0.1, 0.15) is 34.1 Å². The van der Waals surface area contributed by atoms with E-state index in [4.69, 9.17) is 0 Å². The third-order valence-electron chi connectivity index (χ3n) is 2.40. The molecule has 1 heterocycles. The minimum absolute atomic E-state index is 0.253. The van der Waals surface area contributed by atoms with Crippen LogP contribution in [0.2, 0.25) is 0 Å². The number of carbonyl (C=O) groups excluding carboxylic acids is 2. The highest BCUT2D eigenvalue weighted by Gasteiger charge is 2.42. The van der Waals surface area contributed by atoms with Gasteiger partial charge in [0.15, 0.2) is 5.78 Å². The van der Waals surface area contributed by atoms with E-state index in [1.807, 2.05) is 27.7 Å². The fourth-order valence-corrected chi connectivity index (χ4v) is 1.97. The van der Waals surface area contributed by atoms with E-state index in [1.165, 1.54) is 7.11 Å². The summed E-state index contributed by atoms with van der Waals surface area (Å²) in [5.41, 5.74) is -0.568. The van der Waals surface area contributed by atoms with Gasteiger partial charge in [-0.2, -0.15) is 0 Å². The summed E-state index contributed by atoms with van der Waals surface area (Å²) in [5.74, 6) is -0.817. The lowest BCUT2D eigenvalue weighted by Gasteiger charge is -2.24. The normalized spacial score (nSPS) is 21.4. The number of hydrogen-bond acceptors (Lipinski definition) is 5. The lowest BCUT2D eigenvalue weighted by atomic mass is 9.94. The lowest BCUT2D eigenvalue weighted by molar-refractivity contribution is -0.142. The van der Waals surface area contributed by atoms with Crippen molar-refractivity contribution in [3.05, 3.63) is 0 Å². The molecule has 0 aromatic carbocycles. The Morgan fingerprint density at radius 3 is 2.25 bits per heavy atom. The molecular weight excluding hydrogens is 208 g/mol. The molecule has 90 valence electrons. The molecule has 1 rings (SSSR count). The summed E-state index contributed by atoms with van der Waals surface area (Å²) in [4.78, 5) is 27.2. The average molecular weight is 226 g/mol. The van der Waals surface area contributed by atoms with E-state index >= 15 is 0 Å². The Bertz CT molecular complexity index is 356. The number of rotatable bonds is 3. The van der Waals surface area contributed by atoms with Crippen LogP contribution >= 0.6 is 0 Å². The second kappa shape index (κ2) is 3.97. The zero-order valence-corrected chi connectivity index (χ0v) is 10.4. The molecule has 5 nitrogen and oxygen atoms in total. The first kappa shape index (κ1) is 12.8. The molecule has 0 aromatic heterocycles. The fraction of sp³-hybridized carbons (Fsp3) is 0.727. The number of aliphatic imine (C=N–C) groups is 1. The number of nitrogens with zero attached hydrogens (tertiary/aromatic N) is 1. The van der Waals surface area contributed by atoms with Crippen LogP contribution in [0.5, 0.6) is 0 Å². The topological polar surface area (TPSA) is 67.8 Å². The molecular formula is C11H18N2O3. The lowest BCUT2D eigenvalue weighted by Crippen LogP contribution is -2.50. The van der Waals surface area contributed by atoms with Gasteiger partial charge in [-0.15, -0.1) is 0 Å². The van der Waals surface area contributed by atoms with Gasteiger partial charge in [0.25, 0.3) is 0 Å². The summed E-state index contributed by atoms with van der Waals surface area (Å²) in [6.07, 6.45) is -0.253. The summed E-state index contributed by atoms with van der Waals surface area (Å²) in [5, 5.41) is 3.22. The Labute approximate surface area is 95.3 Å². The van der Waals surface area contributed by atoms with Crippen molar-refractivity contribution in [2.24, 2.45) is 4.99 Å². The van der Waals surface area contributed by atoms with E-state index in [2.05, 4.69) is 15.0 Å². The highest BCUT2D eigenvalue weighted by Crippen LogP contribution is 2.24. The maximum absolute atomic E-state index is 11.8. The van der Waals surface area contributed by atoms with Crippen LogP contribution in [0.4, 0.5) is 0 Å². The Hall–Kier alpha value is -1.23. The number of hydrogen-bond donors (Lipinski definition) is 1. The van der Waals surface area contributed by atoms with Gasteiger partial charge in [0.05, 0.1) is 12.6 Å². The van der Waals surface area contributed by atoms with Crippen molar-refractivity contribution in [1.29, 1.82) is 0 Å². The molecule has 0 spiro atoms. The smallest absolute Gasteiger partial charge is 0.313 e. The summed E-state index contributed by atoms with van der Waals surface area (Å²) in [6, 6.07) is 0. The minimum atomic E-state index is -0.534. The van der Waals surface area contributed by atoms with Gasteiger partial charge in [0, 0.05) is 0 Å². The van der Waals surface area contributed by atoms with Gasteiger partial charge in [0.1, 0.15) is 17.8 Å². The third-order valence-corrected chi connectivity index (χ3v) is 2.40. The molecule has 1 aliphatic heterocycles. The van der Waals surface area contributed by atoms with Crippen LogP contribution in [-0.2, 0) is 14.3 Å². The molecule has 0 fully saturated rings. The Balaban J connectivity index is 2.87. The van der Waals surface area contributed by atoms with Crippen LogP contribution in [-0.4, -0.2) is 35.8 Å². The molecule has 0 saturated heterocycles. The van der Waals surface area contributed by atoms with Crippen molar-refractivity contribution in [3.8, 4) is 0 Å². The highest BCUT2D eigenvalue weighted by molar-refractivity contribution is 6.45. The molecule has 0 atom stereocenters. The monoisotopic (exact) mass is 226 g/mol. The predicted octanol–water partition coefficient (Wildman–Crippen LogP) is 0.677. The van der Waals surface area contributed by atoms with Crippen LogP contribution in [0.25, 0.3) is 0 Å². The van der Waals surface area contributed by atoms with Crippen molar-refractivity contribution in [2.75, 3.05) is 7.11 Å². The summed E-state index contributed by atoms with van der Waals surface area (Å²) >= 11 is 0. The third kappa shape index (κ3) is 2.66. The van der Waals surface area contributed by atoms with Gasteiger partial charge in [-0.25, -0.2) is 0 Å². The molecule has 1 N–H and O–H groups in total. The molecule has 1 aliphatic rings. The summed E-state index contributed by atoms with van der Waals surface area (Å²) in [7, 11) is 1.26. The van der Waals surface area contributed by atoms with E-state index in [0.29, 0.717) is 5.71 Å². The highest BCUT2D eigenvalue weighted by atomic mass is 16.5. The van der Waals surface area contributed by atoms with E-state index in [9.17, 15) is 9.59 Å². The van der Waals surface area contributed by atoms with Crippen LogP contribution in [0.3, 0.4) is 0 Å². The maximum Gasteiger partial charge on any atom is 0.313 e. The molecule has 0 amide bonds. The van der Waals surface area contributed by atoms with Crippen molar-refractivity contribution in [3.63, 3.8) is 0 Å². The van der Waals surface area contributed by atoms with Crippen LogP contribution in [0.15, 0.2) is 4.99 Å². The predicted molar refractivity (Wildman–Crippen MR) is 60.4 cm³/mol. The Morgan fingerprint density at radius 1 is 1.31 bits per heavy atom. The SMILES string of the molecule is COC(=O)CC(=O)C1=NC(C)(C)NC1(C)C. The van der Waals surface area contributed by atoms with Crippen molar-refractivity contribution in [2.45, 2.75) is 45.3 Å². The molecule has 0 bridgehead atoms. The first-order valence-electron chi connectivity index (χ1n) is 5.17. The zero-order valence-electron chi connectivity index (χ0n) is 10.4. The maximum atomic E-state index is 11.8. The second-order valence-corrected chi connectivity index (χ2v) is 4.95. The van der Waals surface area contributed by atoms with Gasteiger partial charge in [-0.3, -0.25) is 19.9 Å². The summed E-state index contributed by atoms with van der Waals surface area (Å²) < 4.78 is 4.47. The molecule has 0 aliphatic carbocycles. The van der Waals surface area contributed by atoms with Crippen LogP contribution < -0.4 is 5.32 Å². The van der Waals surface area contributed by atoms with Crippen molar-refractivity contribution < 1.29 is 14.3 Å². The molecule has 0 radical (unpaired) electrons. The average Bonchev–Trinajstić information content (AvgIpc) is 2.34. The second-order valence-electron chi connectivity index (χ2n) is 4.95. The van der Waals surface area contributed by atoms with Crippen molar-refractivity contribution >= 4 is 17.5 Å². The number of ether oxygens (including phenoxy) is 1. The van der Waals surface area contributed by atoms with E-state index < -0.39 is 17.2 Å². The van der Waals surface area contributed by atoms with Gasteiger partial charge in [-0.05, 0) is 27.7 Å². The van der Waals surface area contributed by atoms with Gasteiger partial charge in [-0.1, -0.05) is 0 Å². The number of ketones is 1. The molecule has 0 saturated carbocycles. The van der Waals surface area contributed by atoms with E-state index in [0.717, 1.165) is 0 Å². The van der Waals surface area contributed by atoms with E-state index in [-0.39, 0.29) is 12.2 Å². The quantitative estimate of drug-likeness (QED) is 0.567. The fourth-order valence-electron chi connectivity index (χ4n) is 1.97. The minimum Gasteiger partial charge on any atom is -0.469 e. The largest absolute Gasteiger partial charge is 0.469 e. The zero-order chi connectivity index (χ0) is 12.6. The first-order chi connectivity index (χ1) is 7.18. The number of methoxy groups -OCH3 is 1. The first-order valence-corrected chi connectivity index (χ1v) is 5.17. The van der Waals surface area contributed by atoms with Gasteiger partial charge >= 0.3 is 5.97 Å². The Kier molecular flexibility index (Phi) is 3.19. The van der Waals surface area contributed by atoms with Crippen molar-refractivity contribution in [1.82, 2.24) is 5.32 Å². The van der Waals surface area contributed by atoms with Crippen LogP contribution in [0, 0.1) is 0 Å². The van der Waals surface area contributed by atoms with Gasteiger partial charge < -0.3 is 4.74 Å². The molecule has 5 heteroatoms. The van der Waals surface area contributed by atoms with Gasteiger partial charge in [0.2, 0.25) is 0 Å². The molecule has 0 unspecified atom stereocenters. The number of Topliss-reactive ketones (excluding diaryl/α,β-unsaturated/α-hetero) is 1. The molecule has 16 heavy (non-hydrogen) atoms.